The van der Waals surface area contributed by atoms with Crippen molar-refractivity contribution in [2.75, 3.05) is 13.2 Å². The Bertz CT molecular complexity index is 340. The van der Waals surface area contributed by atoms with E-state index in [9.17, 15) is 13.2 Å². The van der Waals surface area contributed by atoms with Crippen molar-refractivity contribution in [2.24, 2.45) is 5.73 Å². The summed E-state index contributed by atoms with van der Waals surface area (Å²) in [5, 5.41) is 3.59. The molecule has 0 radical (unpaired) electrons. The number of nitrogens with zero attached hydrogens (tertiary/aromatic N) is 2. The second-order valence-electron chi connectivity index (χ2n) is 3.48. The molecule has 98 valence electrons. The molecule has 1 atom stereocenters. The van der Waals surface area contributed by atoms with E-state index >= 15 is 0 Å². The van der Waals surface area contributed by atoms with Crippen LogP contribution in [-0.4, -0.2) is 29.5 Å². The Hall–Kier alpha value is -1.15. The molecule has 2 N–H and O–H groups in total. The first-order valence-corrected chi connectivity index (χ1v) is 5.15. The lowest BCUT2D eigenvalue weighted by Crippen LogP contribution is -2.18. The summed E-state index contributed by atoms with van der Waals surface area (Å²) < 4.78 is 44.5. The van der Waals surface area contributed by atoms with E-state index in [-0.39, 0.29) is 19.1 Å². The smallest absolute Gasteiger partial charge is 0.372 e. The normalized spacial score (nSPS) is 13.9. The minimum Gasteiger partial charge on any atom is -0.372 e. The van der Waals surface area contributed by atoms with Crippen LogP contribution in [0.25, 0.3) is 0 Å². The van der Waals surface area contributed by atoms with Gasteiger partial charge >= 0.3 is 6.18 Å². The van der Waals surface area contributed by atoms with Gasteiger partial charge in [0.25, 0.3) is 0 Å². The zero-order valence-electron chi connectivity index (χ0n) is 9.33. The first kappa shape index (κ1) is 13.9. The van der Waals surface area contributed by atoms with Crippen LogP contribution in [-0.2, 0) is 11.2 Å². The minimum atomic E-state index is -4.31. The molecule has 5 nitrogen and oxygen atoms in total. The second kappa shape index (κ2) is 5.97. The van der Waals surface area contributed by atoms with Gasteiger partial charge in [-0.1, -0.05) is 12.1 Å². The highest BCUT2D eigenvalue weighted by Crippen LogP contribution is 2.15. The van der Waals surface area contributed by atoms with E-state index in [1.807, 2.05) is 6.92 Å². The molecule has 0 aliphatic carbocycles. The molecule has 0 saturated carbocycles. The van der Waals surface area contributed by atoms with Crippen LogP contribution in [0.3, 0.4) is 0 Å². The third kappa shape index (κ3) is 5.14. The standard InChI is InChI=1S/C9H14F3N3O2/c1-2-6(13)8-14-7(15-17-8)3-4-16-5-9(10,11)12/h6H,2-5,13H2,1H3/t6-/m1/s1. The molecule has 0 aliphatic rings. The predicted octanol–water partition coefficient (Wildman–Crippen LogP) is 1.60. The molecule has 0 aromatic carbocycles. The maximum absolute atomic E-state index is 11.7. The Kier molecular flexibility index (Phi) is 4.88. The second-order valence-corrected chi connectivity index (χ2v) is 3.48. The van der Waals surface area contributed by atoms with E-state index in [1.54, 1.807) is 0 Å². The van der Waals surface area contributed by atoms with E-state index in [0.29, 0.717) is 18.1 Å². The molecule has 0 aliphatic heterocycles. The van der Waals surface area contributed by atoms with Crippen molar-refractivity contribution in [3.8, 4) is 0 Å². The summed E-state index contributed by atoms with van der Waals surface area (Å²) in [5.41, 5.74) is 5.64. The van der Waals surface area contributed by atoms with Gasteiger partial charge in [0, 0.05) is 6.42 Å². The van der Waals surface area contributed by atoms with Crippen molar-refractivity contribution >= 4 is 0 Å². The highest BCUT2D eigenvalue weighted by Gasteiger charge is 2.27. The third-order valence-electron chi connectivity index (χ3n) is 1.98. The van der Waals surface area contributed by atoms with Crippen LogP contribution in [0.4, 0.5) is 13.2 Å². The van der Waals surface area contributed by atoms with Crippen LogP contribution in [0, 0.1) is 0 Å². The maximum atomic E-state index is 11.7. The largest absolute Gasteiger partial charge is 0.411 e. The van der Waals surface area contributed by atoms with Crippen LogP contribution < -0.4 is 5.73 Å². The highest BCUT2D eigenvalue weighted by atomic mass is 19.4. The monoisotopic (exact) mass is 253 g/mol. The molecule has 0 bridgehead atoms. The topological polar surface area (TPSA) is 74.2 Å². The van der Waals surface area contributed by atoms with E-state index in [1.165, 1.54) is 0 Å². The number of hydrogen-bond donors (Lipinski definition) is 1. The van der Waals surface area contributed by atoms with E-state index < -0.39 is 12.8 Å². The Balaban J connectivity index is 2.30. The number of aromatic nitrogens is 2. The number of hydrogen-bond acceptors (Lipinski definition) is 5. The zero-order chi connectivity index (χ0) is 12.9. The minimum absolute atomic E-state index is 0.111. The molecule has 1 aromatic rings. The molecule has 0 amide bonds. The molecule has 1 aromatic heterocycles. The molecule has 0 spiro atoms. The summed E-state index contributed by atoms with van der Waals surface area (Å²) in [7, 11) is 0. The van der Waals surface area contributed by atoms with Gasteiger partial charge in [-0.25, -0.2) is 0 Å². The Morgan fingerprint density at radius 3 is 2.76 bits per heavy atom. The van der Waals surface area contributed by atoms with Gasteiger partial charge in [-0.2, -0.15) is 18.2 Å². The fraction of sp³-hybridized carbons (Fsp3) is 0.778. The average Bonchev–Trinajstić information content (AvgIpc) is 2.70. The fourth-order valence-corrected chi connectivity index (χ4v) is 1.05. The Morgan fingerprint density at radius 2 is 2.18 bits per heavy atom. The maximum Gasteiger partial charge on any atom is 0.411 e. The summed E-state index contributed by atoms with van der Waals surface area (Å²) in [4.78, 5) is 3.95. The van der Waals surface area contributed by atoms with Gasteiger partial charge in [-0.15, -0.1) is 0 Å². The van der Waals surface area contributed by atoms with Crippen molar-refractivity contribution in [3.05, 3.63) is 11.7 Å². The number of rotatable bonds is 6. The number of alkyl halides is 3. The van der Waals surface area contributed by atoms with Crippen molar-refractivity contribution in [1.82, 2.24) is 10.1 Å². The summed E-state index contributed by atoms with van der Waals surface area (Å²) in [6, 6.07) is -0.340. The molecule has 0 saturated heterocycles. The predicted molar refractivity (Wildman–Crippen MR) is 52.1 cm³/mol. The first-order chi connectivity index (χ1) is 7.92. The molecular formula is C9H14F3N3O2. The molecular weight excluding hydrogens is 239 g/mol. The SMILES string of the molecule is CC[C@@H](N)c1nc(CCOCC(F)(F)F)no1. The van der Waals surface area contributed by atoms with E-state index in [2.05, 4.69) is 14.9 Å². The summed E-state index contributed by atoms with van der Waals surface area (Å²) in [6.07, 6.45) is -3.50. The van der Waals surface area contributed by atoms with Gasteiger partial charge in [0.1, 0.15) is 6.61 Å². The van der Waals surface area contributed by atoms with Gasteiger partial charge < -0.3 is 15.0 Å². The van der Waals surface area contributed by atoms with Crippen molar-refractivity contribution in [3.63, 3.8) is 0 Å². The lowest BCUT2D eigenvalue weighted by molar-refractivity contribution is -0.173. The van der Waals surface area contributed by atoms with Crippen LogP contribution in [0.1, 0.15) is 31.1 Å². The van der Waals surface area contributed by atoms with Gasteiger partial charge in [0.2, 0.25) is 5.89 Å². The Morgan fingerprint density at radius 1 is 1.47 bits per heavy atom. The number of nitrogens with two attached hydrogens (primary N) is 1. The van der Waals surface area contributed by atoms with Gasteiger partial charge in [0.15, 0.2) is 5.82 Å². The molecule has 17 heavy (non-hydrogen) atoms. The first-order valence-electron chi connectivity index (χ1n) is 5.15. The highest BCUT2D eigenvalue weighted by molar-refractivity contribution is 4.91. The quantitative estimate of drug-likeness (QED) is 0.779. The molecule has 1 heterocycles. The van der Waals surface area contributed by atoms with Crippen LogP contribution in [0.15, 0.2) is 4.52 Å². The molecule has 0 unspecified atom stereocenters. The van der Waals surface area contributed by atoms with Crippen LogP contribution >= 0.6 is 0 Å². The molecule has 8 heteroatoms. The third-order valence-corrected chi connectivity index (χ3v) is 1.98. The van der Waals surface area contributed by atoms with Gasteiger partial charge in [-0.3, -0.25) is 0 Å². The van der Waals surface area contributed by atoms with Crippen molar-refractivity contribution in [2.45, 2.75) is 32.0 Å². The lowest BCUT2D eigenvalue weighted by Gasteiger charge is -2.05. The van der Waals surface area contributed by atoms with Crippen molar-refractivity contribution in [1.29, 1.82) is 0 Å². The van der Waals surface area contributed by atoms with Gasteiger partial charge in [-0.05, 0) is 6.42 Å². The summed E-state index contributed by atoms with van der Waals surface area (Å²) in [5.74, 6) is 0.587. The van der Waals surface area contributed by atoms with Gasteiger partial charge in [0.05, 0.1) is 12.6 Å². The summed E-state index contributed by atoms with van der Waals surface area (Å²) in [6.45, 7) is 0.479. The zero-order valence-corrected chi connectivity index (χ0v) is 9.33. The molecule has 0 fully saturated rings. The summed E-state index contributed by atoms with van der Waals surface area (Å²) >= 11 is 0. The number of ether oxygens (including phenoxy) is 1. The van der Waals surface area contributed by atoms with Crippen LogP contribution in [0.5, 0.6) is 0 Å². The number of halogens is 3. The average molecular weight is 253 g/mol. The van der Waals surface area contributed by atoms with E-state index in [0.717, 1.165) is 0 Å². The van der Waals surface area contributed by atoms with Crippen LogP contribution in [0.2, 0.25) is 0 Å². The van der Waals surface area contributed by atoms with E-state index in [4.69, 9.17) is 10.3 Å². The Labute approximate surface area is 96.1 Å². The van der Waals surface area contributed by atoms with Crippen molar-refractivity contribution < 1.29 is 22.4 Å². The molecule has 1 rings (SSSR count). The lowest BCUT2D eigenvalue weighted by atomic mass is 10.2. The fourth-order valence-electron chi connectivity index (χ4n) is 1.05.